The molecular formula is C30H26F3N5O3S. The molecule has 3 aromatic carbocycles. The third-order valence-electron chi connectivity index (χ3n) is 6.86. The van der Waals surface area contributed by atoms with Gasteiger partial charge in [0, 0.05) is 18.0 Å². The Morgan fingerprint density at radius 1 is 1.05 bits per heavy atom. The van der Waals surface area contributed by atoms with Gasteiger partial charge in [-0.05, 0) is 72.8 Å². The van der Waals surface area contributed by atoms with Gasteiger partial charge in [0.25, 0.3) is 5.91 Å². The maximum Gasteiger partial charge on any atom is 0.435 e. The highest BCUT2D eigenvalue weighted by molar-refractivity contribution is 7.90. The number of rotatable bonds is 9. The second-order valence-electron chi connectivity index (χ2n) is 10.2. The molecule has 5 rings (SSSR count). The molecule has 0 aliphatic heterocycles. The fraction of sp³-hybridized carbons (Fsp3) is 0.233. The van der Waals surface area contributed by atoms with Crippen molar-refractivity contribution in [2.75, 3.05) is 18.1 Å². The summed E-state index contributed by atoms with van der Waals surface area (Å²) >= 11 is 0. The van der Waals surface area contributed by atoms with E-state index in [4.69, 9.17) is 6.57 Å². The number of nitrogens with one attached hydrogen (secondary N) is 2. The third kappa shape index (κ3) is 6.70. The van der Waals surface area contributed by atoms with Crippen molar-refractivity contribution >= 4 is 27.1 Å². The number of sulfone groups is 1. The normalized spacial score (nSPS) is 14.3. The van der Waals surface area contributed by atoms with Crippen molar-refractivity contribution in [3.05, 3.63) is 113 Å². The number of carbonyl (C=O) groups is 1. The highest BCUT2D eigenvalue weighted by atomic mass is 32.2. The molecule has 42 heavy (non-hydrogen) atoms. The summed E-state index contributed by atoms with van der Waals surface area (Å²) < 4.78 is 65.4. The molecule has 1 aliphatic rings. The SMILES string of the molecule is [C-]#[N+]c1cccc(-n2nc(C(F)(F)F)cc2C(=O)Nc2cccc(C(NCC3CC3)c3ccc(S(C)(=O)=O)cc3)c2)c1. The lowest BCUT2D eigenvalue weighted by Crippen LogP contribution is -2.25. The summed E-state index contributed by atoms with van der Waals surface area (Å²) in [7, 11) is -3.37. The Balaban J connectivity index is 1.46. The Labute approximate surface area is 240 Å². The summed E-state index contributed by atoms with van der Waals surface area (Å²) in [5, 5.41) is 9.82. The van der Waals surface area contributed by atoms with Gasteiger partial charge in [-0.3, -0.25) is 4.79 Å². The van der Waals surface area contributed by atoms with Gasteiger partial charge < -0.3 is 10.6 Å². The van der Waals surface area contributed by atoms with E-state index >= 15 is 0 Å². The number of nitrogens with zero attached hydrogens (tertiary/aromatic N) is 3. The molecule has 0 saturated heterocycles. The molecule has 8 nitrogen and oxygen atoms in total. The van der Waals surface area contributed by atoms with E-state index in [0.29, 0.717) is 17.7 Å². The quantitative estimate of drug-likeness (QED) is 0.226. The van der Waals surface area contributed by atoms with Gasteiger partial charge in [-0.1, -0.05) is 36.4 Å². The molecular weight excluding hydrogens is 567 g/mol. The first kappa shape index (κ1) is 29.0. The van der Waals surface area contributed by atoms with Crippen molar-refractivity contribution in [1.82, 2.24) is 15.1 Å². The topological polar surface area (TPSA) is 97.4 Å². The summed E-state index contributed by atoms with van der Waals surface area (Å²) in [5.41, 5.74) is 0.671. The molecule has 1 amide bonds. The zero-order valence-corrected chi connectivity index (χ0v) is 23.2. The van der Waals surface area contributed by atoms with E-state index in [1.54, 1.807) is 42.5 Å². The Kier molecular flexibility index (Phi) is 7.90. The van der Waals surface area contributed by atoms with E-state index in [2.05, 4.69) is 20.6 Å². The molecule has 1 fully saturated rings. The van der Waals surface area contributed by atoms with Crippen LogP contribution in [0.4, 0.5) is 24.5 Å². The van der Waals surface area contributed by atoms with Gasteiger partial charge in [0.15, 0.2) is 21.2 Å². The Bertz CT molecular complexity index is 1770. The fourth-order valence-corrected chi connectivity index (χ4v) is 5.14. The third-order valence-corrected chi connectivity index (χ3v) is 7.99. The molecule has 1 aliphatic carbocycles. The zero-order chi connectivity index (χ0) is 30.1. The second-order valence-corrected chi connectivity index (χ2v) is 12.2. The predicted molar refractivity (Wildman–Crippen MR) is 151 cm³/mol. The number of benzene rings is 3. The Hall–Kier alpha value is -4.47. The Morgan fingerprint density at radius 3 is 2.40 bits per heavy atom. The van der Waals surface area contributed by atoms with Crippen LogP contribution in [0.1, 0.15) is 46.2 Å². The van der Waals surface area contributed by atoms with Crippen LogP contribution in [0.3, 0.4) is 0 Å². The lowest BCUT2D eigenvalue weighted by Gasteiger charge is -2.21. The standard InChI is InChI=1S/C30H26F3N5O3S/c1-34-22-6-4-8-24(16-22)38-26(17-27(37-38)30(31,32)33)29(39)36-23-7-3-5-21(15-23)28(35-18-19-9-10-19)20-11-13-25(14-12-20)42(2,40)41/h3-8,11-17,19,28,35H,9-10,18H2,2H3,(H,36,39). The van der Waals surface area contributed by atoms with Crippen LogP contribution in [0.15, 0.2) is 83.8 Å². The molecule has 1 heterocycles. The van der Waals surface area contributed by atoms with E-state index < -0.39 is 27.6 Å². The molecule has 4 aromatic rings. The lowest BCUT2D eigenvalue weighted by molar-refractivity contribution is -0.141. The van der Waals surface area contributed by atoms with Crippen LogP contribution in [0.2, 0.25) is 0 Å². The van der Waals surface area contributed by atoms with Crippen LogP contribution in [0, 0.1) is 12.5 Å². The molecule has 1 saturated carbocycles. The fourth-order valence-electron chi connectivity index (χ4n) is 4.51. The van der Waals surface area contributed by atoms with Crippen LogP contribution in [-0.4, -0.2) is 36.9 Å². The van der Waals surface area contributed by atoms with E-state index in [9.17, 15) is 26.4 Å². The summed E-state index contributed by atoms with van der Waals surface area (Å²) in [5.74, 6) is -0.265. The summed E-state index contributed by atoms with van der Waals surface area (Å²) in [6.07, 6.45) is -1.41. The van der Waals surface area contributed by atoms with Gasteiger partial charge >= 0.3 is 6.18 Å². The summed E-state index contributed by atoms with van der Waals surface area (Å²) in [6, 6.07) is 19.6. The highest BCUT2D eigenvalue weighted by Crippen LogP contribution is 2.32. The minimum absolute atomic E-state index is 0.139. The molecule has 0 spiro atoms. The average molecular weight is 594 g/mol. The van der Waals surface area contributed by atoms with Crippen molar-refractivity contribution in [2.45, 2.75) is 30.0 Å². The summed E-state index contributed by atoms with van der Waals surface area (Å²) in [6.45, 7) is 7.96. The van der Waals surface area contributed by atoms with Gasteiger partial charge in [0.2, 0.25) is 0 Å². The van der Waals surface area contributed by atoms with E-state index in [0.717, 1.165) is 41.5 Å². The van der Waals surface area contributed by atoms with Crippen LogP contribution >= 0.6 is 0 Å². The number of anilines is 1. The molecule has 1 aromatic heterocycles. The smallest absolute Gasteiger partial charge is 0.321 e. The van der Waals surface area contributed by atoms with Gasteiger partial charge in [0.1, 0.15) is 5.69 Å². The van der Waals surface area contributed by atoms with E-state index in [-0.39, 0.29) is 28.0 Å². The van der Waals surface area contributed by atoms with E-state index in [1.807, 2.05) is 6.07 Å². The average Bonchev–Trinajstić information content (AvgIpc) is 3.66. The lowest BCUT2D eigenvalue weighted by atomic mass is 9.98. The molecule has 12 heteroatoms. The van der Waals surface area contributed by atoms with Crippen molar-refractivity contribution < 1.29 is 26.4 Å². The predicted octanol–water partition coefficient (Wildman–Crippen LogP) is 6.19. The number of halogens is 3. The number of alkyl halides is 3. The van der Waals surface area contributed by atoms with Crippen LogP contribution < -0.4 is 10.6 Å². The maximum absolute atomic E-state index is 13.6. The first-order chi connectivity index (χ1) is 19.9. The van der Waals surface area contributed by atoms with Crippen LogP contribution in [0.25, 0.3) is 10.5 Å². The molecule has 216 valence electrons. The largest absolute Gasteiger partial charge is 0.435 e. The van der Waals surface area contributed by atoms with Gasteiger partial charge in [-0.25, -0.2) is 17.9 Å². The number of amides is 1. The highest BCUT2D eigenvalue weighted by Gasteiger charge is 2.36. The minimum atomic E-state index is -4.79. The van der Waals surface area contributed by atoms with Gasteiger partial charge in [-0.15, -0.1) is 0 Å². The molecule has 1 atom stereocenters. The van der Waals surface area contributed by atoms with Crippen molar-refractivity contribution in [1.29, 1.82) is 0 Å². The number of aromatic nitrogens is 2. The second kappa shape index (κ2) is 11.4. The van der Waals surface area contributed by atoms with Crippen LogP contribution in [-0.2, 0) is 16.0 Å². The first-order valence-corrected chi connectivity index (χ1v) is 14.9. The zero-order valence-electron chi connectivity index (χ0n) is 22.4. The molecule has 1 unspecified atom stereocenters. The van der Waals surface area contributed by atoms with Gasteiger partial charge in [0.05, 0.1) is 23.2 Å². The summed E-state index contributed by atoms with van der Waals surface area (Å²) in [4.78, 5) is 16.8. The van der Waals surface area contributed by atoms with E-state index in [1.165, 1.54) is 24.3 Å². The molecule has 2 N–H and O–H groups in total. The number of carbonyl (C=O) groups excluding carboxylic acids is 1. The minimum Gasteiger partial charge on any atom is -0.321 e. The van der Waals surface area contributed by atoms with Crippen molar-refractivity contribution in [3.63, 3.8) is 0 Å². The molecule has 0 bridgehead atoms. The Morgan fingerprint density at radius 2 is 1.76 bits per heavy atom. The number of hydrogen-bond donors (Lipinski definition) is 2. The van der Waals surface area contributed by atoms with Gasteiger partial charge in [-0.2, -0.15) is 18.3 Å². The van der Waals surface area contributed by atoms with Crippen molar-refractivity contribution in [3.8, 4) is 5.69 Å². The maximum atomic E-state index is 13.6. The first-order valence-electron chi connectivity index (χ1n) is 13.0. The molecule has 0 radical (unpaired) electrons. The van der Waals surface area contributed by atoms with Crippen LogP contribution in [0.5, 0.6) is 0 Å². The monoisotopic (exact) mass is 593 g/mol. The van der Waals surface area contributed by atoms with Crippen molar-refractivity contribution in [2.24, 2.45) is 5.92 Å². The number of hydrogen-bond acceptors (Lipinski definition) is 5.